The molecule has 0 aliphatic heterocycles. The van der Waals surface area contributed by atoms with E-state index in [0.29, 0.717) is 12.1 Å². The highest BCUT2D eigenvalue weighted by atomic mass is 16.1. The normalized spacial score (nSPS) is 13.5. The molecule has 0 saturated carbocycles. The molecule has 3 heteroatoms. The molecule has 0 amide bonds. The van der Waals surface area contributed by atoms with Gasteiger partial charge in [0.2, 0.25) is 0 Å². The molecule has 0 aromatic heterocycles. The number of carbonyl (C=O) groups excluding carboxylic acids is 1. The van der Waals surface area contributed by atoms with Crippen LogP contribution < -0.4 is 10.6 Å². The summed E-state index contributed by atoms with van der Waals surface area (Å²) in [5.74, 6) is 0.0114. The maximum atomic E-state index is 12.9. The van der Waals surface area contributed by atoms with Crippen molar-refractivity contribution in [3.63, 3.8) is 0 Å². The van der Waals surface area contributed by atoms with Crippen molar-refractivity contribution in [1.29, 1.82) is 0 Å². The monoisotopic (exact) mass is 352 g/mol. The highest BCUT2D eigenvalue weighted by Gasteiger charge is 2.22. The van der Waals surface area contributed by atoms with Crippen LogP contribution in [0.15, 0.2) is 48.5 Å². The number of ketones is 1. The summed E-state index contributed by atoms with van der Waals surface area (Å²) in [4.78, 5) is 12.9. The first-order chi connectivity index (χ1) is 12.3. The average Bonchev–Trinajstić information content (AvgIpc) is 2.60. The minimum absolute atomic E-state index is 0.119. The zero-order chi connectivity index (χ0) is 19.3. The van der Waals surface area contributed by atoms with Crippen LogP contribution in [0.3, 0.4) is 0 Å². The summed E-state index contributed by atoms with van der Waals surface area (Å²) in [7, 11) is 0. The minimum Gasteiger partial charge on any atom is -0.383 e. The Hall–Kier alpha value is -2.29. The van der Waals surface area contributed by atoms with Crippen LogP contribution in [0.2, 0.25) is 0 Å². The quantitative estimate of drug-likeness (QED) is 0.630. The van der Waals surface area contributed by atoms with E-state index in [1.54, 1.807) is 0 Å². The Bertz CT molecular complexity index is 640. The van der Waals surface area contributed by atoms with Gasteiger partial charge in [-0.3, -0.25) is 4.79 Å². The number of Topliss-reactive ketones (excluding diaryl/α,β-unsaturated/α-hetero) is 1. The largest absolute Gasteiger partial charge is 0.383 e. The van der Waals surface area contributed by atoms with Crippen LogP contribution in [0.1, 0.15) is 64.5 Å². The van der Waals surface area contributed by atoms with Crippen LogP contribution >= 0.6 is 0 Å². The molecular formula is C23H32N2O. The predicted molar refractivity (Wildman–Crippen MR) is 112 cm³/mol. The minimum atomic E-state index is -0.119. The summed E-state index contributed by atoms with van der Waals surface area (Å²) in [5.41, 5.74) is 4.30. The summed E-state index contributed by atoms with van der Waals surface area (Å²) >= 11 is 0. The third kappa shape index (κ3) is 5.35. The van der Waals surface area contributed by atoms with Gasteiger partial charge in [-0.1, -0.05) is 38.1 Å². The van der Waals surface area contributed by atoms with Crippen molar-refractivity contribution in [2.24, 2.45) is 0 Å². The lowest BCUT2D eigenvalue weighted by Gasteiger charge is -2.18. The molecule has 2 unspecified atom stereocenters. The van der Waals surface area contributed by atoms with Gasteiger partial charge in [0.15, 0.2) is 0 Å². The van der Waals surface area contributed by atoms with Crippen molar-refractivity contribution < 1.29 is 4.79 Å². The highest BCUT2D eigenvalue weighted by Crippen LogP contribution is 2.28. The van der Waals surface area contributed by atoms with Crippen LogP contribution in [-0.4, -0.2) is 17.9 Å². The molecule has 26 heavy (non-hydrogen) atoms. The molecule has 0 aliphatic carbocycles. The lowest BCUT2D eigenvalue weighted by molar-refractivity contribution is -0.121. The van der Waals surface area contributed by atoms with E-state index < -0.39 is 0 Å². The smallest absolute Gasteiger partial charge is 0.147 e. The van der Waals surface area contributed by atoms with Gasteiger partial charge in [0, 0.05) is 35.3 Å². The van der Waals surface area contributed by atoms with Gasteiger partial charge in [0.1, 0.15) is 5.78 Å². The molecule has 0 heterocycles. The number of nitrogens with one attached hydrogen (secondary N) is 2. The third-order valence-electron chi connectivity index (χ3n) is 4.59. The van der Waals surface area contributed by atoms with Crippen molar-refractivity contribution in [2.75, 3.05) is 10.6 Å². The zero-order valence-electron chi connectivity index (χ0n) is 16.8. The lowest BCUT2D eigenvalue weighted by atomic mass is 9.86. The average molecular weight is 353 g/mol. The molecule has 140 valence electrons. The molecule has 2 rings (SSSR count). The second kappa shape index (κ2) is 8.88. The van der Waals surface area contributed by atoms with E-state index in [-0.39, 0.29) is 17.6 Å². The fourth-order valence-corrected chi connectivity index (χ4v) is 3.11. The van der Waals surface area contributed by atoms with Gasteiger partial charge in [0.25, 0.3) is 0 Å². The van der Waals surface area contributed by atoms with Gasteiger partial charge in [-0.2, -0.15) is 0 Å². The fraction of sp³-hybridized carbons (Fsp3) is 0.435. The number of hydrogen-bond donors (Lipinski definition) is 2. The molecule has 2 N–H and O–H groups in total. The summed E-state index contributed by atoms with van der Waals surface area (Å²) in [5, 5.41) is 6.75. The van der Waals surface area contributed by atoms with Crippen molar-refractivity contribution in [3.8, 4) is 0 Å². The van der Waals surface area contributed by atoms with E-state index in [4.69, 9.17) is 0 Å². The molecule has 0 fully saturated rings. The Balaban J connectivity index is 2.06. The predicted octanol–water partition coefficient (Wildman–Crippen LogP) is 5.80. The number of hydrogen-bond acceptors (Lipinski definition) is 3. The fourth-order valence-electron chi connectivity index (χ4n) is 3.11. The Labute approximate surface area is 158 Å². The third-order valence-corrected chi connectivity index (χ3v) is 4.59. The molecule has 0 aliphatic rings. The van der Waals surface area contributed by atoms with Gasteiger partial charge in [-0.25, -0.2) is 0 Å². The summed E-state index contributed by atoms with van der Waals surface area (Å²) < 4.78 is 0. The van der Waals surface area contributed by atoms with Gasteiger partial charge in [-0.15, -0.1) is 0 Å². The molecule has 2 aromatic carbocycles. The summed E-state index contributed by atoms with van der Waals surface area (Å²) in [6, 6.07) is 17.2. The summed E-state index contributed by atoms with van der Waals surface area (Å²) in [6.07, 6.45) is 0. The second-order valence-electron chi connectivity index (χ2n) is 7.69. The van der Waals surface area contributed by atoms with Crippen LogP contribution in [0.5, 0.6) is 0 Å². The molecule has 0 spiro atoms. The standard InChI is InChI=1S/C23H32N2O/c1-15(2)24-21-11-7-19(8-12-21)17(5)23(26)18(6)20-9-13-22(14-10-20)25-16(3)4/h7-18,24-25H,1-6H3. The Morgan fingerprint density at radius 1 is 0.615 bits per heavy atom. The Kier molecular flexibility index (Phi) is 6.84. The van der Waals surface area contributed by atoms with E-state index in [0.717, 1.165) is 22.5 Å². The molecule has 2 aromatic rings. The topological polar surface area (TPSA) is 41.1 Å². The number of benzene rings is 2. The molecule has 2 atom stereocenters. The SMILES string of the molecule is CC(C)Nc1ccc(C(C)C(=O)C(C)c2ccc(NC(C)C)cc2)cc1. The molecule has 0 radical (unpaired) electrons. The highest BCUT2D eigenvalue weighted by molar-refractivity contribution is 5.91. The van der Waals surface area contributed by atoms with Gasteiger partial charge >= 0.3 is 0 Å². The van der Waals surface area contributed by atoms with E-state index in [9.17, 15) is 4.79 Å². The van der Waals surface area contributed by atoms with Crippen LogP contribution in [-0.2, 0) is 4.79 Å². The lowest BCUT2D eigenvalue weighted by Crippen LogP contribution is -2.17. The first-order valence-electron chi connectivity index (χ1n) is 9.54. The molecule has 0 bridgehead atoms. The van der Waals surface area contributed by atoms with Crippen LogP contribution in [0.25, 0.3) is 0 Å². The van der Waals surface area contributed by atoms with E-state index in [2.05, 4.69) is 86.9 Å². The van der Waals surface area contributed by atoms with E-state index in [1.807, 2.05) is 13.8 Å². The summed E-state index contributed by atoms with van der Waals surface area (Å²) in [6.45, 7) is 12.5. The zero-order valence-corrected chi connectivity index (χ0v) is 16.8. The maximum absolute atomic E-state index is 12.9. The van der Waals surface area contributed by atoms with Gasteiger partial charge < -0.3 is 10.6 Å². The first kappa shape index (κ1) is 20.0. The van der Waals surface area contributed by atoms with Crippen molar-refractivity contribution >= 4 is 17.2 Å². The van der Waals surface area contributed by atoms with Crippen LogP contribution in [0.4, 0.5) is 11.4 Å². The molecule has 0 saturated heterocycles. The number of carbonyl (C=O) groups is 1. The second-order valence-corrected chi connectivity index (χ2v) is 7.69. The van der Waals surface area contributed by atoms with Crippen molar-refractivity contribution in [3.05, 3.63) is 59.7 Å². The van der Waals surface area contributed by atoms with Crippen molar-refractivity contribution in [2.45, 2.75) is 65.5 Å². The Morgan fingerprint density at radius 2 is 0.923 bits per heavy atom. The van der Waals surface area contributed by atoms with Gasteiger partial charge in [0.05, 0.1) is 0 Å². The van der Waals surface area contributed by atoms with E-state index in [1.165, 1.54) is 0 Å². The van der Waals surface area contributed by atoms with E-state index >= 15 is 0 Å². The van der Waals surface area contributed by atoms with Crippen molar-refractivity contribution in [1.82, 2.24) is 0 Å². The number of anilines is 2. The van der Waals surface area contributed by atoms with Gasteiger partial charge in [-0.05, 0) is 63.1 Å². The van der Waals surface area contributed by atoms with Crippen LogP contribution in [0, 0.1) is 0 Å². The number of rotatable bonds is 8. The first-order valence-corrected chi connectivity index (χ1v) is 9.54. The molecular weight excluding hydrogens is 320 g/mol. The maximum Gasteiger partial charge on any atom is 0.147 e. The molecule has 3 nitrogen and oxygen atoms in total. The Morgan fingerprint density at radius 3 is 1.19 bits per heavy atom.